The van der Waals surface area contributed by atoms with Gasteiger partial charge in [-0.3, -0.25) is 4.79 Å². The number of carbonyl (C=O) groups is 1. The minimum atomic E-state index is -0.560. The lowest BCUT2D eigenvalue weighted by atomic mass is 10.1. The van der Waals surface area contributed by atoms with E-state index in [4.69, 9.17) is 10.5 Å². The monoisotopic (exact) mass is 240 g/mol. The average Bonchev–Trinajstić information content (AvgIpc) is 2.31. The second-order valence-corrected chi connectivity index (χ2v) is 3.73. The van der Waals surface area contributed by atoms with Gasteiger partial charge in [-0.15, -0.1) is 0 Å². The Bertz CT molecular complexity index is 396. The maximum absolute atomic E-state index is 12.9. The van der Waals surface area contributed by atoms with Gasteiger partial charge in [0.15, 0.2) is 0 Å². The zero-order chi connectivity index (χ0) is 12.8. The van der Waals surface area contributed by atoms with Crippen molar-refractivity contribution in [2.24, 2.45) is 5.73 Å². The van der Waals surface area contributed by atoms with E-state index in [0.717, 1.165) is 6.42 Å². The number of anilines is 1. The molecular formula is C12H17FN2O2. The fraction of sp³-hybridized carbons (Fsp3) is 0.417. The van der Waals surface area contributed by atoms with Gasteiger partial charge in [-0.05, 0) is 18.6 Å². The smallest absolute Gasteiger partial charge is 0.241 e. The highest BCUT2D eigenvalue weighted by Crippen LogP contribution is 2.25. The lowest BCUT2D eigenvalue weighted by molar-refractivity contribution is -0.117. The zero-order valence-corrected chi connectivity index (χ0v) is 10.00. The van der Waals surface area contributed by atoms with Crippen molar-refractivity contribution in [3.05, 3.63) is 24.0 Å². The van der Waals surface area contributed by atoms with Crippen LogP contribution < -0.4 is 15.8 Å². The SMILES string of the molecule is CCC[C@H](N)C(=O)Nc1ccc(F)cc1OC. The molecule has 17 heavy (non-hydrogen) atoms. The molecule has 0 spiro atoms. The predicted molar refractivity (Wildman–Crippen MR) is 64.5 cm³/mol. The second-order valence-electron chi connectivity index (χ2n) is 3.73. The largest absolute Gasteiger partial charge is 0.494 e. The molecule has 1 atom stereocenters. The number of nitrogens with two attached hydrogens (primary N) is 1. The number of ether oxygens (including phenoxy) is 1. The Labute approximate surface area is 100.0 Å². The van der Waals surface area contributed by atoms with Crippen LogP contribution >= 0.6 is 0 Å². The summed E-state index contributed by atoms with van der Waals surface area (Å²) < 4.78 is 17.9. The Morgan fingerprint density at radius 1 is 1.59 bits per heavy atom. The van der Waals surface area contributed by atoms with E-state index in [0.29, 0.717) is 12.1 Å². The Kier molecular flexibility index (Phi) is 4.90. The molecule has 0 aromatic heterocycles. The van der Waals surface area contributed by atoms with Gasteiger partial charge in [0.05, 0.1) is 18.8 Å². The summed E-state index contributed by atoms with van der Waals surface area (Å²) in [6.45, 7) is 1.95. The molecule has 5 heteroatoms. The van der Waals surface area contributed by atoms with Crippen molar-refractivity contribution >= 4 is 11.6 Å². The van der Waals surface area contributed by atoms with Crippen molar-refractivity contribution in [2.75, 3.05) is 12.4 Å². The van der Waals surface area contributed by atoms with Crippen molar-refractivity contribution in [2.45, 2.75) is 25.8 Å². The van der Waals surface area contributed by atoms with Gasteiger partial charge < -0.3 is 15.8 Å². The summed E-state index contributed by atoms with van der Waals surface area (Å²) in [6, 6.07) is 3.35. The summed E-state index contributed by atoms with van der Waals surface area (Å²) in [6.07, 6.45) is 1.44. The Morgan fingerprint density at radius 2 is 2.29 bits per heavy atom. The first kappa shape index (κ1) is 13.4. The first-order chi connectivity index (χ1) is 8.08. The number of rotatable bonds is 5. The fourth-order valence-corrected chi connectivity index (χ4v) is 1.44. The molecule has 0 bridgehead atoms. The quantitative estimate of drug-likeness (QED) is 0.826. The summed E-state index contributed by atoms with van der Waals surface area (Å²) in [5, 5.41) is 2.62. The number of methoxy groups -OCH3 is 1. The number of halogens is 1. The number of hydrogen-bond donors (Lipinski definition) is 2. The van der Waals surface area contributed by atoms with Crippen LogP contribution in [0.1, 0.15) is 19.8 Å². The molecule has 0 saturated heterocycles. The summed E-state index contributed by atoms with van der Waals surface area (Å²) in [5.74, 6) is -0.434. The second kappa shape index (κ2) is 6.20. The van der Waals surface area contributed by atoms with Gasteiger partial charge in [-0.1, -0.05) is 13.3 Å². The molecule has 1 amide bonds. The van der Waals surface area contributed by atoms with Crippen LogP contribution in [0.15, 0.2) is 18.2 Å². The van der Waals surface area contributed by atoms with E-state index < -0.39 is 11.9 Å². The third kappa shape index (κ3) is 3.71. The molecular weight excluding hydrogens is 223 g/mol. The van der Waals surface area contributed by atoms with Crippen LogP contribution in [0.5, 0.6) is 5.75 Å². The van der Waals surface area contributed by atoms with E-state index in [-0.39, 0.29) is 11.7 Å². The van der Waals surface area contributed by atoms with Gasteiger partial charge in [0.25, 0.3) is 0 Å². The number of benzene rings is 1. The van der Waals surface area contributed by atoms with Crippen LogP contribution in [-0.2, 0) is 4.79 Å². The fourth-order valence-electron chi connectivity index (χ4n) is 1.44. The minimum Gasteiger partial charge on any atom is -0.494 e. The van der Waals surface area contributed by atoms with Gasteiger partial charge in [0.1, 0.15) is 11.6 Å². The molecule has 3 N–H and O–H groups in total. The zero-order valence-electron chi connectivity index (χ0n) is 10.00. The third-order valence-corrected chi connectivity index (χ3v) is 2.36. The average molecular weight is 240 g/mol. The van der Waals surface area contributed by atoms with Gasteiger partial charge in [0.2, 0.25) is 5.91 Å². The van der Waals surface area contributed by atoms with Crippen molar-refractivity contribution in [1.82, 2.24) is 0 Å². The standard InChI is InChI=1S/C12H17FN2O2/c1-3-4-9(14)12(16)15-10-6-5-8(13)7-11(10)17-2/h5-7,9H,3-4,14H2,1-2H3,(H,15,16)/t9-/m0/s1. The Balaban J connectivity index is 2.77. The maximum Gasteiger partial charge on any atom is 0.241 e. The van der Waals surface area contributed by atoms with Crippen LogP contribution in [0.25, 0.3) is 0 Å². The Hall–Kier alpha value is -1.62. The van der Waals surface area contributed by atoms with Crippen molar-refractivity contribution in [3.8, 4) is 5.75 Å². The lowest BCUT2D eigenvalue weighted by Crippen LogP contribution is -2.35. The van der Waals surface area contributed by atoms with E-state index in [1.165, 1.54) is 25.3 Å². The lowest BCUT2D eigenvalue weighted by Gasteiger charge is -2.13. The summed E-state index contributed by atoms with van der Waals surface area (Å²) in [7, 11) is 1.41. The van der Waals surface area contributed by atoms with Gasteiger partial charge >= 0.3 is 0 Å². The van der Waals surface area contributed by atoms with Crippen LogP contribution in [0.2, 0.25) is 0 Å². The molecule has 0 aliphatic carbocycles. The number of hydrogen-bond acceptors (Lipinski definition) is 3. The summed E-state index contributed by atoms with van der Waals surface area (Å²) in [5.41, 5.74) is 6.09. The first-order valence-electron chi connectivity index (χ1n) is 5.48. The highest BCUT2D eigenvalue weighted by molar-refractivity contribution is 5.95. The molecule has 0 unspecified atom stereocenters. The first-order valence-corrected chi connectivity index (χ1v) is 5.48. The van der Waals surface area contributed by atoms with Crippen molar-refractivity contribution < 1.29 is 13.9 Å². The highest BCUT2D eigenvalue weighted by Gasteiger charge is 2.14. The van der Waals surface area contributed by atoms with E-state index in [1.807, 2.05) is 6.92 Å². The predicted octanol–water partition coefficient (Wildman–Crippen LogP) is 1.90. The van der Waals surface area contributed by atoms with E-state index in [1.54, 1.807) is 0 Å². The van der Waals surface area contributed by atoms with Crippen LogP contribution in [0.4, 0.5) is 10.1 Å². The highest BCUT2D eigenvalue weighted by atomic mass is 19.1. The van der Waals surface area contributed by atoms with Gasteiger partial charge in [-0.25, -0.2) is 4.39 Å². The maximum atomic E-state index is 12.9. The van der Waals surface area contributed by atoms with Crippen molar-refractivity contribution in [3.63, 3.8) is 0 Å². The molecule has 0 aliphatic rings. The van der Waals surface area contributed by atoms with E-state index in [2.05, 4.69) is 5.32 Å². The van der Waals surface area contributed by atoms with E-state index in [9.17, 15) is 9.18 Å². The minimum absolute atomic E-state index is 0.280. The summed E-state index contributed by atoms with van der Waals surface area (Å²) in [4.78, 5) is 11.7. The molecule has 1 aromatic carbocycles. The Morgan fingerprint density at radius 3 is 2.88 bits per heavy atom. The molecule has 0 heterocycles. The molecule has 1 aromatic rings. The number of nitrogens with one attached hydrogen (secondary N) is 1. The van der Waals surface area contributed by atoms with Crippen LogP contribution in [-0.4, -0.2) is 19.1 Å². The van der Waals surface area contributed by atoms with Crippen LogP contribution in [0.3, 0.4) is 0 Å². The number of amides is 1. The van der Waals surface area contributed by atoms with Crippen LogP contribution in [0, 0.1) is 5.82 Å². The molecule has 4 nitrogen and oxygen atoms in total. The normalized spacial score (nSPS) is 12.0. The van der Waals surface area contributed by atoms with E-state index >= 15 is 0 Å². The molecule has 0 radical (unpaired) electrons. The number of carbonyl (C=O) groups excluding carboxylic acids is 1. The van der Waals surface area contributed by atoms with Gasteiger partial charge in [-0.2, -0.15) is 0 Å². The molecule has 0 fully saturated rings. The van der Waals surface area contributed by atoms with Gasteiger partial charge in [0, 0.05) is 6.07 Å². The molecule has 0 aliphatic heterocycles. The molecule has 1 rings (SSSR count). The molecule has 0 saturated carbocycles. The molecule has 94 valence electrons. The summed E-state index contributed by atoms with van der Waals surface area (Å²) >= 11 is 0. The third-order valence-electron chi connectivity index (χ3n) is 2.36. The van der Waals surface area contributed by atoms with Crippen molar-refractivity contribution in [1.29, 1.82) is 0 Å². The topological polar surface area (TPSA) is 64.4 Å².